The number of rotatable bonds is 3. The Morgan fingerprint density at radius 1 is 1.05 bits per heavy atom. The summed E-state index contributed by atoms with van der Waals surface area (Å²) in [6, 6.07) is 10.4. The molecular formula is C16H22N2O. The van der Waals surface area contributed by atoms with E-state index in [1.165, 1.54) is 38.0 Å². The smallest absolute Gasteiger partial charge is 0.134 e. The number of nitrogens with zero attached hydrogens (tertiary/aromatic N) is 2. The molecule has 1 aliphatic rings. The molecule has 0 aliphatic carbocycles. The highest BCUT2D eigenvalue weighted by Crippen LogP contribution is 2.20. The first-order chi connectivity index (χ1) is 9.35. The Morgan fingerprint density at radius 2 is 1.84 bits per heavy atom. The van der Waals surface area contributed by atoms with Crippen LogP contribution in [0.25, 0.3) is 11.0 Å². The maximum absolute atomic E-state index is 5.91. The van der Waals surface area contributed by atoms with Crippen molar-refractivity contribution in [3.63, 3.8) is 0 Å². The number of fused-ring (bicyclic) bond motifs is 1. The lowest BCUT2D eigenvalue weighted by Gasteiger charge is -2.19. The van der Waals surface area contributed by atoms with Crippen LogP contribution in [0.3, 0.4) is 0 Å². The number of hydrogen-bond acceptors (Lipinski definition) is 3. The Balaban J connectivity index is 1.67. The van der Waals surface area contributed by atoms with Gasteiger partial charge >= 0.3 is 0 Å². The van der Waals surface area contributed by atoms with E-state index in [2.05, 4.69) is 34.9 Å². The molecule has 0 spiro atoms. The second kappa shape index (κ2) is 5.76. The van der Waals surface area contributed by atoms with Crippen LogP contribution < -0.4 is 0 Å². The standard InChI is InChI=1S/C16H22N2O/c1-2-17-8-5-9-18(11-10-17)13-15-12-14-6-3-4-7-16(14)19-15/h3-4,6-7,12H,2,5,8-11,13H2,1H3. The van der Waals surface area contributed by atoms with Gasteiger partial charge in [0.05, 0.1) is 6.54 Å². The summed E-state index contributed by atoms with van der Waals surface area (Å²) < 4.78 is 5.91. The second-order valence-corrected chi connectivity index (χ2v) is 5.31. The van der Waals surface area contributed by atoms with Crippen molar-refractivity contribution in [3.8, 4) is 0 Å². The molecule has 1 aromatic heterocycles. The van der Waals surface area contributed by atoms with Gasteiger partial charge in [-0.05, 0) is 38.2 Å². The molecule has 3 nitrogen and oxygen atoms in total. The van der Waals surface area contributed by atoms with Crippen molar-refractivity contribution < 1.29 is 4.42 Å². The van der Waals surface area contributed by atoms with Crippen LogP contribution >= 0.6 is 0 Å². The summed E-state index contributed by atoms with van der Waals surface area (Å²) in [4.78, 5) is 5.03. The molecule has 0 radical (unpaired) electrons. The molecule has 1 saturated heterocycles. The van der Waals surface area contributed by atoms with Gasteiger partial charge in [0.2, 0.25) is 0 Å². The lowest BCUT2D eigenvalue weighted by Crippen LogP contribution is -2.30. The van der Waals surface area contributed by atoms with E-state index in [0.29, 0.717) is 0 Å². The molecule has 3 rings (SSSR count). The van der Waals surface area contributed by atoms with Crippen LogP contribution in [0.2, 0.25) is 0 Å². The van der Waals surface area contributed by atoms with Crippen molar-refractivity contribution in [2.24, 2.45) is 0 Å². The van der Waals surface area contributed by atoms with E-state index in [9.17, 15) is 0 Å². The maximum atomic E-state index is 5.91. The third kappa shape index (κ3) is 2.99. The molecule has 1 fully saturated rings. The van der Waals surface area contributed by atoms with E-state index in [4.69, 9.17) is 4.42 Å². The van der Waals surface area contributed by atoms with Crippen LogP contribution in [-0.2, 0) is 6.54 Å². The third-order valence-electron chi connectivity index (χ3n) is 3.98. The third-order valence-corrected chi connectivity index (χ3v) is 3.98. The van der Waals surface area contributed by atoms with E-state index in [-0.39, 0.29) is 0 Å². The zero-order chi connectivity index (χ0) is 13.1. The van der Waals surface area contributed by atoms with Crippen LogP contribution in [0, 0.1) is 0 Å². The predicted molar refractivity (Wildman–Crippen MR) is 78.2 cm³/mol. The number of furan rings is 1. The predicted octanol–water partition coefficient (Wildman–Crippen LogP) is 2.96. The van der Waals surface area contributed by atoms with E-state index in [0.717, 1.165) is 24.4 Å². The quantitative estimate of drug-likeness (QED) is 0.844. The Hall–Kier alpha value is -1.32. The number of benzene rings is 1. The number of hydrogen-bond donors (Lipinski definition) is 0. The molecule has 3 heteroatoms. The van der Waals surface area contributed by atoms with Gasteiger partial charge in [-0.2, -0.15) is 0 Å². The topological polar surface area (TPSA) is 19.6 Å². The van der Waals surface area contributed by atoms with Gasteiger partial charge in [-0.15, -0.1) is 0 Å². The molecule has 0 saturated carbocycles. The molecule has 2 aromatic rings. The fourth-order valence-electron chi connectivity index (χ4n) is 2.83. The first-order valence-electron chi connectivity index (χ1n) is 7.27. The van der Waals surface area contributed by atoms with Crippen molar-refractivity contribution in [2.45, 2.75) is 19.9 Å². The maximum Gasteiger partial charge on any atom is 0.134 e. The van der Waals surface area contributed by atoms with Gasteiger partial charge in [-0.25, -0.2) is 0 Å². The Morgan fingerprint density at radius 3 is 2.68 bits per heavy atom. The van der Waals surface area contributed by atoms with Crippen LogP contribution in [-0.4, -0.2) is 42.5 Å². The SMILES string of the molecule is CCN1CCCN(Cc2cc3ccccc3o2)CC1. The Labute approximate surface area is 114 Å². The molecule has 0 unspecified atom stereocenters. The molecular weight excluding hydrogens is 236 g/mol. The molecule has 102 valence electrons. The number of para-hydroxylation sites is 1. The molecule has 0 amide bonds. The summed E-state index contributed by atoms with van der Waals surface area (Å²) in [5, 5.41) is 1.21. The van der Waals surface area contributed by atoms with Gasteiger partial charge in [0.25, 0.3) is 0 Å². The molecule has 19 heavy (non-hydrogen) atoms. The van der Waals surface area contributed by atoms with Gasteiger partial charge in [-0.3, -0.25) is 4.90 Å². The van der Waals surface area contributed by atoms with Crippen LogP contribution in [0.1, 0.15) is 19.1 Å². The van der Waals surface area contributed by atoms with E-state index >= 15 is 0 Å². The normalized spacial score (nSPS) is 18.8. The van der Waals surface area contributed by atoms with Crippen LogP contribution in [0.4, 0.5) is 0 Å². The summed E-state index contributed by atoms with van der Waals surface area (Å²) in [6.45, 7) is 9.07. The van der Waals surface area contributed by atoms with Gasteiger partial charge in [0, 0.05) is 18.5 Å². The van der Waals surface area contributed by atoms with E-state index in [1.54, 1.807) is 0 Å². The first kappa shape index (κ1) is 12.7. The summed E-state index contributed by atoms with van der Waals surface area (Å²) >= 11 is 0. The van der Waals surface area contributed by atoms with Crippen molar-refractivity contribution in [1.29, 1.82) is 0 Å². The number of likely N-dealkylation sites (N-methyl/N-ethyl adjacent to an activating group) is 1. The first-order valence-corrected chi connectivity index (χ1v) is 7.27. The fraction of sp³-hybridized carbons (Fsp3) is 0.500. The summed E-state index contributed by atoms with van der Waals surface area (Å²) in [7, 11) is 0. The van der Waals surface area contributed by atoms with E-state index in [1.807, 2.05) is 12.1 Å². The molecule has 0 N–H and O–H groups in total. The summed E-state index contributed by atoms with van der Waals surface area (Å²) in [6.07, 6.45) is 1.26. The largest absolute Gasteiger partial charge is 0.460 e. The Bertz CT molecular complexity index is 501. The zero-order valence-electron chi connectivity index (χ0n) is 11.6. The molecule has 2 heterocycles. The van der Waals surface area contributed by atoms with Crippen molar-refractivity contribution in [3.05, 3.63) is 36.1 Å². The highest BCUT2D eigenvalue weighted by molar-refractivity contribution is 5.77. The van der Waals surface area contributed by atoms with Gasteiger partial charge in [0.15, 0.2) is 0 Å². The van der Waals surface area contributed by atoms with Gasteiger partial charge in [-0.1, -0.05) is 25.1 Å². The Kier molecular flexibility index (Phi) is 3.85. The molecule has 1 aliphatic heterocycles. The van der Waals surface area contributed by atoms with Crippen molar-refractivity contribution in [1.82, 2.24) is 9.80 Å². The highest BCUT2D eigenvalue weighted by Gasteiger charge is 2.15. The lowest BCUT2D eigenvalue weighted by molar-refractivity contribution is 0.243. The molecule has 0 bridgehead atoms. The molecule has 1 aromatic carbocycles. The minimum atomic E-state index is 0.937. The second-order valence-electron chi connectivity index (χ2n) is 5.31. The lowest BCUT2D eigenvalue weighted by atomic mass is 10.2. The van der Waals surface area contributed by atoms with Crippen LogP contribution in [0.5, 0.6) is 0 Å². The van der Waals surface area contributed by atoms with E-state index < -0.39 is 0 Å². The van der Waals surface area contributed by atoms with Gasteiger partial charge in [0.1, 0.15) is 11.3 Å². The fourth-order valence-corrected chi connectivity index (χ4v) is 2.83. The minimum absolute atomic E-state index is 0.937. The summed E-state index contributed by atoms with van der Waals surface area (Å²) in [5.41, 5.74) is 1.00. The molecule has 0 atom stereocenters. The van der Waals surface area contributed by atoms with Crippen molar-refractivity contribution in [2.75, 3.05) is 32.7 Å². The average molecular weight is 258 g/mol. The monoisotopic (exact) mass is 258 g/mol. The summed E-state index contributed by atoms with van der Waals surface area (Å²) in [5.74, 6) is 1.09. The zero-order valence-corrected chi connectivity index (χ0v) is 11.6. The highest BCUT2D eigenvalue weighted by atomic mass is 16.3. The van der Waals surface area contributed by atoms with Crippen molar-refractivity contribution >= 4 is 11.0 Å². The van der Waals surface area contributed by atoms with Gasteiger partial charge < -0.3 is 9.32 Å². The van der Waals surface area contributed by atoms with Crippen LogP contribution in [0.15, 0.2) is 34.7 Å². The average Bonchev–Trinajstić information content (AvgIpc) is 2.70. The minimum Gasteiger partial charge on any atom is -0.460 e.